The second-order valence-electron chi connectivity index (χ2n) is 5.39. The summed E-state index contributed by atoms with van der Waals surface area (Å²) in [5.41, 5.74) is 0. The summed E-state index contributed by atoms with van der Waals surface area (Å²) < 4.78 is 45.3. The summed E-state index contributed by atoms with van der Waals surface area (Å²) >= 11 is 0. The standard InChI is InChI=1S/C15H21FN2O4S/c1-3-17-15(19)11-5-4-8-18(10-11)23(20,21)14-9-12(16)6-7-13(14)22-2/h6-7,9,11H,3-5,8,10H2,1-2H3,(H,17,19)/t11-/m0/s1. The number of ether oxygens (including phenoxy) is 1. The van der Waals surface area contributed by atoms with E-state index in [0.29, 0.717) is 25.9 Å². The number of nitrogens with zero attached hydrogens (tertiary/aromatic N) is 1. The van der Waals surface area contributed by atoms with Crippen molar-refractivity contribution in [1.82, 2.24) is 9.62 Å². The zero-order valence-electron chi connectivity index (χ0n) is 13.2. The molecule has 1 aliphatic rings. The van der Waals surface area contributed by atoms with E-state index in [-0.39, 0.29) is 23.1 Å². The van der Waals surface area contributed by atoms with Crippen molar-refractivity contribution in [3.05, 3.63) is 24.0 Å². The minimum Gasteiger partial charge on any atom is -0.495 e. The van der Waals surface area contributed by atoms with Crippen molar-refractivity contribution in [1.29, 1.82) is 0 Å². The summed E-state index contributed by atoms with van der Waals surface area (Å²) in [6.45, 7) is 2.71. The second-order valence-corrected chi connectivity index (χ2v) is 7.30. The van der Waals surface area contributed by atoms with Crippen molar-refractivity contribution in [3.63, 3.8) is 0 Å². The first-order valence-electron chi connectivity index (χ1n) is 7.51. The molecule has 2 rings (SSSR count). The highest BCUT2D eigenvalue weighted by Gasteiger charge is 2.34. The lowest BCUT2D eigenvalue weighted by Gasteiger charge is -2.31. The van der Waals surface area contributed by atoms with E-state index in [9.17, 15) is 17.6 Å². The number of amides is 1. The third-order valence-corrected chi connectivity index (χ3v) is 5.74. The summed E-state index contributed by atoms with van der Waals surface area (Å²) in [5.74, 6) is -1.11. The van der Waals surface area contributed by atoms with Gasteiger partial charge in [0.05, 0.1) is 13.0 Å². The summed E-state index contributed by atoms with van der Waals surface area (Å²) in [7, 11) is -2.59. The second kappa shape index (κ2) is 7.27. The Bertz CT molecular complexity index is 678. The number of methoxy groups -OCH3 is 1. The molecule has 0 aromatic heterocycles. The van der Waals surface area contributed by atoms with Gasteiger partial charge in [-0.15, -0.1) is 0 Å². The summed E-state index contributed by atoms with van der Waals surface area (Å²) in [6.07, 6.45) is 1.22. The monoisotopic (exact) mass is 344 g/mol. The fraction of sp³-hybridized carbons (Fsp3) is 0.533. The van der Waals surface area contributed by atoms with Gasteiger partial charge in [-0.2, -0.15) is 4.31 Å². The molecule has 6 nitrogen and oxygen atoms in total. The molecular formula is C15H21FN2O4S. The van der Waals surface area contributed by atoms with Crippen LogP contribution in [0.1, 0.15) is 19.8 Å². The third-order valence-electron chi connectivity index (χ3n) is 3.85. The van der Waals surface area contributed by atoms with E-state index in [4.69, 9.17) is 4.74 Å². The van der Waals surface area contributed by atoms with Crippen LogP contribution in [0.2, 0.25) is 0 Å². The Hall–Kier alpha value is -1.67. The minimum absolute atomic E-state index is 0.0894. The van der Waals surface area contributed by atoms with Crippen LogP contribution in [0.15, 0.2) is 23.1 Å². The highest BCUT2D eigenvalue weighted by atomic mass is 32.2. The molecule has 128 valence electrons. The Labute approximate surface area is 135 Å². The van der Waals surface area contributed by atoms with Crippen LogP contribution in [0, 0.1) is 11.7 Å². The third kappa shape index (κ3) is 3.81. The number of carbonyl (C=O) groups excluding carboxylic acids is 1. The predicted octanol–water partition coefficient (Wildman–Crippen LogP) is 1.37. The Morgan fingerprint density at radius 1 is 1.48 bits per heavy atom. The van der Waals surface area contributed by atoms with E-state index < -0.39 is 21.8 Å². The van der Waals surface area contributed by atoms with Gasteiger partial charge in [-0.25, -0.2) is 12.8 Å². The molecule has 1 aromatic carbocycles. The molecule has 1 atom stereocenters. The molecule has 1 amide bonds. The molecule has 0 aliphatic carbocycles. The molecule has 0 radical (unpaired) electrons. The van der Waals surface area contributed by atoms with Crippen LogP contribution in [-0.2, 0) is 14.8 Å². The van der Waals surface area contributed by atoms with E-state index in [2.05, 4.69) is 5.32 Å². The minimum atomic E-state index is -3.92. The molecule has 1 fully saturated rings. The van der Waals surface area contributed by atoms with Gasteiger partial charge in [0.2, 0.25) is 15.9 Å². The Kier molecular flexibility index (Phi) is 5.59. The summed E-state index contributed by atoms with van der Waals surface area (Å²) in [4.78, 5) is 11.8. The number of piperidine rings is 1. The maximum absolute atomic E-state index is 13.5. The average Bonchev–Trinajstić information content (AvgIpc) is 2.55. The SMILES string of the molecule is CCNC(=O)[C@H]1CCCN(S(=O)(=O)c2cc(F)ccc2OC)C1. The molecular weight excluding hydrogens is 323 g/mol. The quantitative estimate of drug-likeness (QED) is 0.875. The smallest absolute Gasteiger partial charge is 0.246 e. The topological polar surface area (TPSA) is 75.7 Å². The molecule has 23 heavy (non-hydrogen) atoms. The molecule has 1 heterocycles. The van der Waals surface area contributed by atoms with Gasteiger partial charge in [0.1, 0.15) is 16.5 Å². The van der Waals surface area contributed by atoms with Crippen molar-refractivity contribution < 1.29 is 22.3 Å². The first-order valence-corrected chi connectivity index (χ1v) is 8.95. The fourth-order valence-electron chi connectivity index (χ4n) is 2.68. The Morgan fingerprint density at radius 2 is 2.22 bits per heavy atom. The normalized spacial score (nSPS) is 19.3. The summed E-state index contributed by atoms with van der Waals surface area (Å²) in [6, 6.07) is 3.38. The molecule has 0 saturated carbocycles. The molecule has 0 unspecified atom stereocenters. The lowest BCUT2D eigenvalue weighted by atomic mass is 9.99. The van der Waals surface area contributed by atoms with E-state index in [1.807, 2.05) is 6.92 Å². The lowest BCUT2D eigenvalue weighted by molar-refractivity contribution is -0.125. The number of carbonyl (C=O) groups is 1. The largest absolute Gasteiger partial charge is 0.495 e. The van der Waals surface area contributed by atoms with Crippen molar-refractivity contribution >= 4 is 15.9 Å². The average molecular weight is 344 g/mol. The molecule has 1 saturated heterocycles. The Morgan fingerprint density at radius 3 is 2.87 bits per heavy atom. The summed E-state index contributed by atoms with van der Waals surface area (Å²) in [5, 5.41) is 2.71. The zero-order chi connectivity index (χ0) is 17.0. The van der Waals surface area contributed by atoms with E-state index >= 15 is 0 Å². The van der Waals surface area contributed by atoms with Gasteiger partial charge in [0.25, 0.3) is 0 Å². The number of hydrogen-bond donors (Lipinski definition) is 1. The predicted molar refractivity (Wildman–Crippen MR) is 83.1 cm³/mol. The first kappa shape index (κ1) is 17.7. The molecule has 0 spiro atoms. The van der Waals surface area contributed by atoms with Gasteiger partial charge in [0, 0.05) is 19.6 Å². The number of benzene rings is 1. The van der Waals surface area contributed by atoms with Gasteiger partial charge < -0.3 is 10.1 Å². The maximum atomic E-state index is 13.5. The van der Waals surface area contributed by atoms with Crippen LogP contribution in [0.25, 0.3) is 0 Å². The van der Waals surface area contributed by atoms with Gasteiger partial charge in [0.15, 0.2) is 0 Å². The van der Waals surface area contributed by atoms with Crippen LogP contribution < -0.4 is 10.1 Å². The van der Waals surface area contributed by atoms with E-state index in [1.54, 1.807) is 0 Å². The number of halogens is 1. The van der Waals surface area contributed by atoms with Gasteiger partial charge in [-0.05, 0) is 38.0 Å². The molecule has 1 aromatic rings. The number of rotatable bonds is 5. The highest BCUT2D eigenvalue weighted by Crippen LogP contribution is 2.30. The molecule has 0 bridgehead atoms. The van der Waals surface area contributed by atoms with Gasteiger partial charge >= 0.3 is 0 Å². The van der Waals surface area contributed by atoms with Gasteiger partial charge in [-0.1, -0.05) is 0 Å². The fourth-order valence-corrected chi connectivity index (χ4v) is 4.38. The van der Waals surface area contributed by atoms with Crippen molar-refractivity contribution in [2.45, 2.75) is 24.7 Å². The van der Waals surface area contributed by atoms with Crippen LogP contribution in [0.4, 0.5) is 4.39 Å². The number of nitrogens with one attached hydrogen (secondary N) is 1. The van der Waals surface area contributed by atoms with E-state index in [0.717, 1.165) is 12.1 Å². The number of hydrogen-bond acceptors (Lipinski definition) is 4. The number of sulfonamides is 1. The van der Waals surface area contributed by atoms with Crippen molar-refractivity contribution in [2.75, 3.05) is 26.7 Å². The lowest BCUT2D eigenvalue weighted by Crippen LogP contribution is -2.45. The van der Waals surface area contributed by atoms with Crippen LogP contribution in [-0.4, -0.2) is 45.4 Å². The van der Waals surface area contributed by atoms with Crippen molar-refractivity contribution in [3.8, 4) is 5.75 Å². The molecule has 1 N–H and O–H groups in total. The van der Waals surface area contributed by atoms with E-state index in [1.165, 1.54) is 17.5 Å². The first-order chi connectivity index (χ1) is 10.9. The molecule has 8 heteroatoms. The Balaban J connectivity index is 2.29. The van der Waals surface area contributed by atoms with Crippen LogP contribution in [0.3, 0.4) is 0 Å². The van der Waals surface area contributed by atoms with Crippen LogP contribution in [0.5, 0.6) is 5.75 Å². The highest BCUT2D eigenvalue weighted by molar-refractivity contribution is 7.89. The van der Waals surface area contributed by atoms with Gasteiger partial charge in [-0.3, -0.25) is 4.79 Å². The van der Waals surface area contributed by atoms with Crippen molar-refractivity contribution in [2.24, 2.45) is 5.92 Å². The molecule has 1 aliphatic heterocycles. The van der Waals surface area contributed by atoms with Crippen LogP contribution >= 0.6 is 0 Å². The maximum Gasteiger partial charge on any atom is 0.246 e. The zero-order valence-corrected chi connectivity index (χ0v) is 14.0.